The quantitative estimate of drug-likeness (QED) is 0.711. The molecule has 0 bridgehead atoms. The number of hydrogen-bond donors (Lipinski definition) is 1. The van der Waals surface area contributed by atoms with Gasteiger partial charge in [-0.3, -0.25) is 0 Å². The molecule has 0 saturated heterocycles. The number of rotatable bonds is 6. The van der Waals surface area contributed by atoms with Crippen molar-refractivity contribution in [2.45, 2.75) is 25.9 Å². The molecule has 108 valence electrons. The SMILES string of the molecule is CC(Cc1ccco1)NCc1cc(-c2ccccc2)cs1. The highest BCUT2D eigenvalue weighted by Gasteiger charge is 2.07. The summed E-state index contributed by atoms with van der Waals surface area (Å²) in [5, 5.41) is 5.78. The van der Waals surface area contributed by atoms with Crippen LogP contribution in [-0.2, 0) is 13.0 Å². The molecule has 2 aromatic heterocycles. The first kappa shape index (κ1) is 14.1. The van der Waals surface area contributed by atoms with Crippen LogP contribution in [-0.4, -0.2) is 6.04 Å². The van der Waals surface area contributed by atoms with Crippen molar-refractivity contribution >= 4 is 11.3 Å². The first-order chi connectivity index (χ1) is 10.3. The average molecular weight is 297 g/mol. The first-order valence-electron chi connectivity index (χ1n) is 7.20. The molecule has 0 fully saturated rings. The minimum atomic E-state index is 0.401. The molecule has 0 saturated carbocycles. The molecule has 21 heavy (non-hydrogen) atoms. The molecule has 3 rings (SSSR count). The molecule has 1 unspecified atom stereocenters. The van der Waals surface area contributed by atoms with Crippen LogP contribution >= 0.6 is 11.3 Å². The maximum atomic E-state index is 5.38. The molecule has 2 heterocycles. The van der Waals surface area contributed by atoms with E-state index in [1.807, 2.05) is 23.5 Å². The van der Waals surface area contributed by atoms with Crippen molar-refractivity contribution in [2.75, 3.05) is 0 Å². The predicted molar refractivity (Wildman–Crippen MR) is 88.5 cm³/mol. The third-order valence-electron chi connectivity index (χ3n) is 3.47. The van der Waals surface area contributed by atoms with E-state index in [1.54, 1.807) is 6.26 Å². The Kier molecular flexibility index (Phi) is 4.53. The maximum Gasteiger partial charge on any atom is 0.105 e. The van der Waals surface area contributed by atoms with Crippen molar-refractivity contribution in [1.29, 1.82) is 0 Å². The normalized spacial score (nSPS) is 12.4. The second-order valence-corrected chi connectivity index (χ2v) is 6.23. The van der Waals surface area contributed by atoms with E-state index >= 15 is 0 Å². The Bertz CT molecular complexity index is 658. The van der Waals surface area contributed by atoms with E-state index in [0.29, 0.717) is 6.04 Å². The summed E-state index contributed by atoms with van der Waals surface area (Å²) < 4.78 is 5.38. The highest BCUT2D eigenvalue weighted by molar-refractivity contribution is 7.10. The molecule has 1 aromatic carbocycles. The molecular formula is C18H19NOS. The van der Waals surface area contributed by atoms with Gasteiger partial charge in [0, 0.05) is 23.9 Å². The lowest BCUT2D eigenvalue weighted by molar-refractivity contribution is 0.457. The van der Waals surface area contributed by atoms with Gasteiger partial charge in [-0.15, -0.1) is 11.3 Å². The summed E-state index contributed by atoms with van der Waals surface area (Å²) in [4.78, 5) is 1.36. The fourth-order valence-corrected chi connectivity index (χ4v) is 3.18. The minimum absolute atomic E-state index is 0.401. The lowest BCUT2D eigenvalue weighted by Crippen LogP contribution is -2.26. The summed E-state index contributed by atoms with van der Waals surface area (Å²) in [7, 11) is 0. The van der Waals surface area contributed by atoms with Crippen LogP contribution < -0.4 is 5.32 Å². The Hall–Kier alpha value is -1.84. The summed E-state index contributed by atoms with van der Waals surface area (Å²) in [6.45, 7) is 3.09. The molecule has 1 N–H and O–H groups in total. The van der Waals surface area contributed by atoms with Crippen LogP contribution in [0.25, 0.3) is 11.1 Å². The Morgan fingerprint density at radius 1 is 1.10 bits per heavy atom. The van der Waals surface area contributed by atoms with Crippen LogP contribution in [0.5, 0.6) is 0 Å². The van der Waals surface area contributed by atoms with Crippen molar-refractivity contribution in [1.82, 2.24) is 5.32 Å². The topological polar surface area (TPSA) is 25.2 Å². The van der Waals surface area contributed by atoms with E-state index in [2.05, 4.69) is 54.0 Å². The van der Waals surface area contributed by atoms with E-state index in [0.717, 1.165) is 18.7 Å². The van der Waals surface area contributed by atoms with E-state index in [-0.39, 0.29) is 0 Å². The van der Waals surface area contributed by atoms with Crippen LogP contribution in [0, 0.1) is 0 Å². The molecule has 3 heteroatoms. The highest BCUT2D eigenvalue weighted by atomic mass is 32.1. The summed E-state index contributed by atoms with van der Waals surface area (Å²) in [6.07, 6.45) is 2.65. The van der Waals surface area contributed by atoms with Gasteiger partial charge in [-0.05, 0) is 41.6 Å². The molecule has 0 aliphatic heterocycles. The first-order valence-corrected chi connectivity index (χ1v) is 8.08. The van der Waals surface area contributed by atoms with Crippen LogP contribution in [0.3, 0.4) is 0 Å². The van der Waals surface area contributed by atoms with Crippen molar-refractivity contribution in [3.05, 3.63) is 70.8 Å². The van der Waals surface area contributed by atoms with Gasteiger partial charge in [-0.1, -0.05) is 30.3 Å². The van der Waals surface area contributed by atoms with Crippen molar-refractivity contribution in [3.63, 3.8) is 0 Å². The van der Waals surface area contributed by atoms with Gasteiger partial charge >= 0.3 is 0 Å². The van der Waals surface area contributed by atoms with Gasteiger partial charge in [0.1, 0.15) is 5.76 Å². The monoisotopic (exact) mass is 297 g/mol. The molecule has 0 spiro atoms. The summed E-state index contributed by atoms with van der Waals surface area (Å²) in [6, 6.07) is 17.1. The molecule has 1 atom stereocenters. The fraction of sp³-hybridized carbons (Fsp3) is 0.222. The van der Waals surface area contributed by atoms with Gasteiger partial charge in [-0.25, -0.2) is 0 Å². The van der Waals surface area contributed by atoms with Gasteiger partial charge in [0.05, 0.1) is 6.26 Å². The lowest BCUT2D eigenvalue weighted by atomic mass is 10.1. The fourth-order valence-electron chi connectivity index (χ4n) is 2.33. The van der Waals surface area contributed by atoms with E-state index in [1.165, 1.54) is 16.0 Å². The molecule has 2 nitrogen and oxygen atoms in total. The second-order valence-electron chi connectivity index (χ2n) is 5.23. The van der Waals surface area contributed by atoms with Crippen molar-refractivity contribution in [3.8, 4) is 11.1 Å². The molecule has 3 aromatic rings. The Balaban J connectivity index is 1.55. The van der Waals surface area contributed by atoms with Crippen molar-refractivity contribution in [2.24, 2.45) is 0 Å². The maximum absolute atomic E-state index is 5.38. The molecular weight excluding hydrogens is 278 g/mol. The van der Waals surface area contributed by atoms with Gasteiger partial charge in [-0.2, -0.15) is 0 Å². The largest absolute Gasteiger partial charge is 0.469 e. The standard InChI is InChI=1S/C18H19NOS/c1-14(10-17-8-5-9-20-17)19-12-18-11-16(13-21-18)15-6-3-2-4-7-15/h2-9,11,13-14,19H,10,12H2,1H3. The number of thiophene rings is 1. The average Bonchev–Trinajstić information content (AvgIpc) is 3.17. The zero-order valence-corrected chi connectivity index (χ0v) is 12.9. The van der Waals surface area contributed by atoms with E-state index < -0.39 is 0 Å². The zero-order chi connectivity index (χ0) is 14.5. The predicted octanol–water partition coefficient (Wildman–Crippen LogP) is 4.73. The van der Waals surface area contributed by atoms with Crippen LogP contribution in [0.4, 0.5) is 0 Å². The second kappa shape index (κ2) is 6.74. The van der Waals surface area contributed by atoms with Crippen LogP contribution in [0.2, 0.25) is 0 Å². The van der Waals surface area contributed by atoms with Gasteiger partial charge in [0.15, 0.2) is 0 Å². The molecule has 0 amide bonds. The number of nitrogens with one attached hydrogen (secondary N) is 1. The third kappa shape index (κ3) is 3.84. The zero-order valence-electron chi connectivity index (χ0n) is 12.1. The van der Waals surface area contributed by atoms with Crippen molar-refractivity contribution < 1.29 is 4.42 Å². The lowest BCUT2D eigenvalue weighted by Gasteiger charge is -2.11. The molecule has 0 aliphatic rings. The molecule has 0 radical (unpaired) electrons. The number of furan rings is 1. The molecule has 0 aliphatic carbocycles. The number of hydrogen-bond acceptors (Lipinski definition) is 3. The Morgan fingerprint density at radius 2 is 1.95 bits per heavy atom. The van der Waals surface area contributed by atoms with Crippen LogP contribution in [0.1, 0.15) is 17.6 Å². The summed E-state index contributed by atoms with van der Waals surface area (Å²) in [5.74, 6) is 1.03. The van der Waals surface area contributed by atoms with E-state index in [9.17, 15) is 0 Å². The highest BCUT2D eigenvalue weighted by Crippen LogP contribution is 2.25. The minimum Gasteiger partial charge on any atom is -0.469 e. The smallest absolute Gasteiger partial charge is 0.105 e. The number of benzene rings is 1. The Morgan fingerprint density at radius 3 is 2.71 bits per heavy atom. The van der Waals surface area contributed by atoms with E-state index in [4.69, 9.17) is 4.42 Å². The summed E-state index contributed by atoms with van der Waals surface area (Å²) in [5.41, 5.74) is 2.58. The van der Waals surface area contributed by atoms with Gasteiger partial charge < -0.3 is 9.73 Å². The third-order valence-corrected chi connectivity index (χ3v) is 4.41. The summed E-state index contributed by atoms with van der Waals surface area (Å²) >= 11 is 1.81. The Labute approximate surface area is 129 Å². The van der Waals surface area contributed by atoms with Gasteiger partial charge in [0.2, 0.25) is 0 Å². The van der Waals surface area contributed by atoms with Crippen LogP contribution in [0.15, 0.2) is 64.6 Å². The van der Waals surface area contributed by atoms with Gasteiger partial charge in [0.25, 0.3) is 0 Å².